The van der Waals surface area contributed by atoms with E-state index in [-0.39, 0.29) is 36.3 Å². The fraction of sp³-hybridized carbons (Fsp3) is 0.667. The molecule has 0 spiro atoms. The van der Waals surface area contributed by atoms with Crippen molar-refractivity contribution in [3.8, 4) is 0 Å². The lowest BCUT2D eigenvalue weighted by molar-refractivity contribution is -0.143. The third kappa shape index (κ3) is 8.74. The minimum Gasteiger partial charge on any atom is -0.384 e. The number of ether oxygens (including phenoxy) is 1. The molecule has 1 N–H and O–H groups in total. The van der Waals surface area contributed by atoms with Gasteiger partial charge in [0.15, 0.2) is 0 Å². The zero-order valence-corrected chi connectivity index (χ0v) is 26.1. The van der Waals surface area contributed by atoms with E-state index in [0.29, 0.717) is 48.2 Å². The largest absolute Gasteiger partial charge is 0.384 e. The van der Waals surface area contributed by atoms with Gasteiger partial charge in [0.1, 0.15) is 6.04 Å². The van der Waals surface area contributed by atoms with Crippen LogP contribution in [0.1, 0.15) is 43.4 Å². The Hall–Kier alpha value is -2.03. The fourth-order valence-electron chi connectivity index (χ4n) is 5.79. The van der Waals surface area contributed by atoms with E-state index in [2.05, 4.69) is 9.62 Å². The lowest BCUT2D eigenvalue weighted by Gasteiger charge is -2.34. The van der Waals surface area contributed by atoms with E-state index < -0.39 is 16.1 Å². The van der Waals surface area contributed by atoms with Gasteiger partial charge in [-0.2, -0.15) is 4.72 Å². The number of nitrogens with one attached hydrogen (secondary N) is 1. The Morgan fingerprint density at radius 1 is 1.20 bits per heavy atom. The van der Waals surface area contributed by atoms with Crippen molar-refractivity contribution < 1.29 is 27.5 Å². The van der Waals surface area contributed by atoms with Gasteiger partial charge in [-0.3, -0.25) is 19.3 Å². The quantitative estimate of drug-likeness (QED) is 0.375. The van der Waals surface area contributed by atoms with Crippen LogP contribution in [0.15, 0.2) is 17.5 Å². The standard InChI is InChI=1S/C27H40ClN5O6S2/c1-30(25(34)10-15-39-2)20-9-14-31(17-20)18-21-5-3-13-33(21)26(35)19-32-12-4-6-23(27(32)36)29-41(37,38)16-11-22-7-8-24(28)40-22/h7-8,11,16,20-21,23,29H,3-6,9-10,12-15,17-19H2,1-2H3/b16-11+/t20?,21-,23-/m0/s1. The molecule has 0 radical (unpaired) electrons. The van der Waals surface area contributed by atoms with Crippen molar-refractivity contribution in [2.45, 2.75) is 56.7 Å². The number of carbonyl (C=O) groups excluding carboxylic acids is 3. The van der Waals surface area contributed by atoms with Crippen molar-refractivity contribution in [2.24, 2.45) is 0 Å². The Morgan fingerprint density at radius 3 is 2.71 bits per heavy atom. The van der Waals surface area contributed by atoms with Gasteiger partial charge in [-0.05, 0) is 50.3 Å². The number of hydrogen-bond donors (Lipinski definition) is 1. The molecule has 3 fully saturated rings. The smallest absolute Gasteiger partial charge is 0.242 e. The van der Waals surface area contributed by atoms with E-state index in [1.807, 2.05) is 16.8 Å². The SMILES string of the molecule is COCCC(=O)N(C)C1CCN(C[C@@H]2CCCN2C(=O)CN2CCC[C@H](NS(=O)(=O)/C=C/c3ccc(Cl)s3)C2=O)C1. The van der Waals surface area contributed by atoms with Crippen LogP contribution >= 0.6 is 22.9 Å². The summed E-state index contributed by atoms with van der Waals surface area (Å²) in [5, 5.41) is 1.04. The summed E-state index contributed by atoms with van der Waals surface area (Å²) in [5.41, 5.74) is 0. The summed E-state index contributed by atoms with van der Waals surface area (Å²) in [6.07, 6.45) is 5.49. The number of amides is 3. The first-order valence-electron chi connectivity index (χ1n) is 14.1. The Kier molecular flexibility index (Phi) is 11.2. The molecular formula is C27H40ClN5O6S2. The maximum atomic E-state index is 13.3. The van der Waals surface area contributed by atoms with Crippen molar-refractivity contribution in [3.05, 3.63) is 26.8 Å². The highest BCUT2D eigenvalue weighted by molar-refractivity contribution is 7.92. The average molecular weight is 630 g/mol. The van der Waals surface area contributed by atoms with Crippen molar-refractivity contribution in [1.29, 1.82) is 0 Å². The monoisotopic (exact) mass is 629 g/mol. The van der Waals surface area contributed by atoms with Crippen LogP contribution in [0.3, 0.4) is 0 Å². The van der Waals surface area contributed by atoms with Crippen molar-refractivity contribution in [2.75, 3.05) is 60.0 Å². The minimum atomic E-state index is -3.86. The maximum absolute atomic E-state index is 13.3. The van der Waals surface area contributed by atoms with E-state index in [0.717, 1.165) is 44.3 Å². The lowest BCUT2D eigenvalue weighted by atomic mass is 10.1. The van der Waals surface area contributed by atoms with Crippen LogP contribution in [0, 0.1) is 0 Å². The molecule has 1 aromatic rings. The van der Waals surface area contributed by atoms with E-state index in [4.69, 9.17) is 16.3 Å². The van der Waals surface area contributed by atoms with Crippen LogP contribution in [0.2, 0.25) is 4.34 Å². The zero-order chi connectivity index (χ0) is 29.6. The van der Waals surface area contributed by atoms with Gasteiger partial charge < -0.3 is 19.4 Å². The predicted molar refractivity (Wildman–Crippen MR) is 159 cm³/mol. The first kappa shape index (κ1) is 31.9. The van der Waals surface area contributed by atoms with Gasteiger partial charge in [-0.25, -0.2) is 8.42 Å². The third-order valence-corrected chi connectivity index (χ3v) is 10.3. The van der Waals surface area contributed by atoms with Gasteiger partial charge in [0.05, 0.1) is 23.9 Å². The topological polar surface area (TPSA) is 120 Å². The maximum Gasteiger partial charge on any atom is 0.242 e. The van der Waals surface area contributed by atoms with Crippen molar-refractivity contribution in [1.82, 2.24) is 24.3 Å². The molecule has 3 saturated heterocycles. The number of carbonyl (C=O) groups is 3. The second-order valence-corrected chi connectivity index (χ2v) is 14.2. The summed E-state index contributed by atoms with van der Waals surface area (Å²) in [4.78, 5) is 47.1. The Balaban J connectivity index is 1.28. The van der Waals surface area contributed by atoms with Crippen LogP contribution < -0.4 is 4.72 Å². The zero-order valence-electron chi connectivity index (χ0n) is 23.7. The van der Waals surface area contributed by atoms with Crippen molar-refractivity contribution >= 4 is 56.8 Å². The molecule has 0 aromatic carbocycles. The molecule has 1 aromatic heterocycles. The number of rotatable bonds is 12. The van der Waals surface area contributed by atoms with Gasteiger partial charge in [0.25, 0.3) is 0 Å². The van der Waals surface area contributed by atoms with E-state index >= 15 is 0 Å². The van der Waals surface area contributed by atoms with E-state index in [1.165, 1.54) is 22.3 Å². The summed E-state index contributed by atoms with van der Waals surface area (Å²) < 4.78 is 33.3. The van der Waals surface area contributed by atoms with Crippen LogP contribution in [-0.4, -0.2) is 124 Å². The fourth-order valence-corrected chi connectivity index (χ4v) is 7.86. The number of likely N-dealkylation sites (N-methyl/N-ethyl adjacent to an activating group) is 1. The Morgan fingerprint density at radius 2 is 1.98 bits per heavy atom. The number of hydrogen-bond acceptors (Lipinski definition) is 8. The molecule has 0 bridgehead atoms. The summed E-state index contributed by atoms with van der Waals surface area (Å²) >= 11 is 7.16. The van der Waals surface area contributed by atoms with Crippen molar-refractivity contribution in [3.63, 3.8) is 0 Å². The molecule has 228 valence electrons. The molecule has 14 heteroatoms. The van der Waals surface area contributed by atoms with Gasteiger partial charge in [0.2, 0.25) is 27.7 Å². The molecule has 0 aliphatic carbocycles. The first-order valence-corrected chi connectivity index (χ1v) is 16.8. The van der Waals surface area contributed by atoms with Gasteiger partial charge in [0, 0.05) is 69.3 Å². The Labute approximate surface area is 251 Å². The number of thiophene rings is 1. The summed E-state index contributed by atoms with van der Waals surface area (Å²) in [6, 6.07) is 2.70. The molecule has 4 rings (SSSR count). The molecule has 11 nitrogen and oxygen atoms in total. The molecule has 3 atom stereocenters. The molecule has 0 saturated carbocycles. The van der Waals surface area contributed by atoms with Gasteiger partial charge in [-0.1, -0.05) is 11.6 Å². The predicted octanol–water partition coefficient (Wildman–Crippen LogP) is 1.84. The number of sulfonamides is 1. The molecular weight excluding hydrogens is 590 g/mol. The van der Waals surface area contributed by atoms with Crippen LogP contribution in [0.4, 0.5) is 0 Å². The third-order valence-electron chi connectivity index (χ3n) is 8.04. The normalized spacial score (nSPS) is 24.1. The van der Waals surface area contributed by atoms with Gasteiger partial charge >= 0.3 is 0 Å². The van der Waals surface area contributed by atoms with E-state index in [9.17, 15) is 22.8 Å². The minimum absolute atomic E-state index is 0.0563. The van der Waals surface area contributed by atoms with Crippen LogP contribution in [0.5, 0.6) is 0 Å². The number of piperidine rings is 1. The average Bonchev–Trinajstić information content (AvgIpc) is 3.70. The molecule has 3 aliphatic rings. The molecule has 1 unspecified atom stereocenters. The highest BCUT2D eigenvalue weighted by Crippen LogP contribution is 2.24. The number of likely N-dealkylation sites (tertiary alicyclic amines) is 3. The van der Waals surface area contributed by atoms with Crippen LogP contribution in [0.25, 0.3) is 6.08 Å². The van der Waals surface area contributed by atoms with Crippen LogP contribution in [-0.2, 0) is 29.1 Å². The summed E-state index contributed by atoms with van der Waals surface area (Å²) in [7, 11) is -0.429. The molecule has 3 amide bonds. The van der Waals surface area contributed by atoms with E-state index in [1.54, 1.807) is 19.2 Å². The molecule has 41 heavy (non-hydrogen) atoms. The number of nitrogens with zero attached hydrogens (tertiary/aromatic N) is 4. The number of methoxy groups -OCH3 is 1. The highest BCUT2D eigenvalue weighted by Gasteiger charge is 2.37. The first-order chi connectivity index (χ1) is 19.6. The summed E-state index contributed by atoms with van der Waals surface area (Å²) in [5.74, 6) is -0.409. The second-order valence-electron chi connectivity index (χ2n) is 10.9. The number of halogens is 1. The molecule has 4 heterocycles. The Bertz CT molecular complexity index is 1220. The summed E-state index contributed by atoms with van der Waals surface area (Å²) in [6.45, 7) is 3.79. The highest BCUT2D eigenvalue weighted by atomic mass is 35.5. The van der Waals surface area contributed by atoms with Gasteiger partial charge in [-0.15, -0.1) is 11.3 Å². The molecule has 3 aliphatic heterocycles. The second kappa shape index (κ2) is 14.4. The lowest BCUT2D eigenvalue weighted by Crippen LogP contribution is -2.55.